The topological polar surface area (TPSA) is 52.7 Å². The average Bonchev–Trinajstić information content (AvgIpc) is 3.18. The van der Waals surface area contributed by atoms with E-state index in [1.165, 1.54) is 30.4 Å². The molecule has 26 heavy (non-hydrogen) atoms. The van der Waals surface area contributed by atoms with Crippen molar-refractivity contribution < 1.29 is 9.59 Å². The Hall–Kier alpha value is -2.04. The fourth-order valence-electron chi connectivity index (χ4n) is 4.67. The number of likely N-dealkylation sites (tertiary alicyclic amines) is 1. The zero-order valence-corrected chi connectivity index (χ0v) is 15.5. The highest BCUT2D eigenvalue weighted by Crippen LogP contribution is 2.25. The lowest BCUT2D eigenvalue weighted by atomic mass is 9.96. The second-order valence-electron chi connectivity index (χ2n) is 7.91. The lowest BCUT2D eigenvalue weighted by molar-refractivity contribution is -0.136. The number of benzene rings is 1. The van der Waals surface area contributed by atoms with Crippen molar-refractivity contribution in [2.45, 2.75) is 70.0 Å². The van der Waals surface area contributed by atoms with E-state index in [0.29, 0.717) is 13.1 Å². The van der Waals surface area contributed by atoms with Gasteiger partial charge in [0.1, 0.15) is 6.04 Å². The van der Waals surface area contributed by atoms with E-state index in [4.69, 9.17) is 0 Å². The van der Waals surface area contributed by atoms with E-state index >= 15 is 0 Å². The van der Waals surface area contributed by atoms with Gasteiger partial charge in [0.15, 0.2) is 0 Å². The Kier molecular flexibility index (Phi) is 5.14. The Labute approximate surface area is 155 Å². The van der Waals surface area contributed by atoms with Gasteiger partial charge in [-0.2, -0.15) is 0 Å². The quantitative estimate of drug-likeness (QED) is 0.886. The first-order chi connectivity index (χ1) is 12.7. The summed E-state index contributed by atoms with van der Waals surface area (Å²) < 4.78 is 0. The number of nitrogens with zero attached hydrogens (tertiary/aromatic N) is 2. The fourth-order valence-corrected chi connectivity index (χ4v) is 4.67. The van der Waals surface area contributed by atoms with Crippen LogP contribution < -0.4 is 5.32 Å². The Morgan fingerprint density at radius 3 is 2.50 bits per heavy atom. The van der Waals surface area contributed by atoms with Crippen LogP contribution in [0.2, 0.25) is 0 Å². The van der Waals surface area contributed by atoms with Crippen LogP contribution in [0.4, 0.5) is 4.79 Å². The van der Waals surface area contributed by atoms with E-state index in [0.717, 1.165) is 38.6 Å². The molecular formula is C21H29N3O2. The lowest BCUT2D eigenvalue weighted by Crippen LogP contribution is -2.53. The number of hydrogen-bond donors (Lipinski definition) is 1. The normalized spacial score (nSPS) is 23.6. The van der Waals surface area contributed by atoms with Crippen molar-refractivity contribution in [1.82, 2.24) is 15.1 Å². The first kappa shape index (κ1) is 17.4. The molecule has 1 saturated carbocycles. The van der Waals surface area contributed by atoms with E-state index in [9.17, 15) is 9.59 Å². The third-order valence-corrected chi connectivity index (χ3v) is 6.17. The van der Waals surface area contributed by atoms with Gasteiger partial charge >= 0.3 is 6.03 Å². The largest absolute Gasteiger partial charge is 0.336 e. The van der Waals surface area contributed by atoms with Crippen molar-refractivity contribution in [1.29, 1.82) is 0 Å². The van der Waals surface area contributed by atoms with Gasteiger partial charge in [-0.25, -0.2) is 4.79 Å². The van der Waals surface area contributed by atoms with E-state index in [1.807, 2.05) is 11.0 Å². The van der Waals surface area contributed by atoms with Gasteiger partial charge < -0.3 is 15.1 Å². The lowest BCUT2D eigenvalue weighted by Gasteiger charge is -2.34. The van der Waals surface area contributed by atoms with E-state index in [1.54, 1.807) is 4.90 Å². The van der Waals surface area contributed by atoms with Crippen LogP contribution in [-0.4, -0.2) is 46.9 Å². The third kappa shape index (κ3) is 3.57. The van der Waals surface area contributed by atoms with Gasteiger partial charge in [0.2, 0.25) is 5.91 Å². The first-order valence-corrected chi connectivity index (χ1v) is 10.1. The summed E-state index contributed by atoms with van der Waals surface area (Å²) in [4.78, 5) is 29.6. The molecule has 140 valence electrons. The fraction of sp³-hybridized carbons (Fsp3) is 0.619. The van der Waals surface area contributed by atoms with Gasteiger partial charge in [0.05, 0.1) is 0 Å². The molecule has 2 fully saturated rings. The highest BCUT2D eigenvalue weighted by Gasteiger charge is 2.37. The van der Waals surface area contributed by atoms with Crippen molar-refractivity contribution >= 4 is 11.9 Å². The molecular weight excluding hydrogens is 326 g/mol. The van der Waals surface area contributed by atoms with Crippen molar-refractivity contribution in [2.75, 3.05) is 13.1 Å². The number of rotatable bonds is 2. The Morgan fingerprint density at radius 2 is 1.69 bits per heavy atom. The number of hydrogen-bond acceptors (Lipinski definition) is 2. The molecule has 0 unspecified atom stereocenters. The van der Waals surface area contributed by atoms with Gasteiger partial charge in [-0.1, -0.05) is 43.5 Å². The van der Waals surface area contributed by atoms with Crippen LogP contribution in [0.1, 0.15) is 56.1 Å². The molecule has 2 heterocycles. The second kappa shape index (κ2) is 7.68. The second-order valence-corrected chi connectivity index (χ2v) is 7.91. The molecule has 0 spiro atoms. The predicted molar refractivity (Wildman–Crippen MR) is 101 cm³/mol. The van der Waals surface area contributed by atoms with Crippen LogP contribution in [0.15, 0.2) is 24.3 Å². The monoisotopic (exact) mass is 355 g/mol. The number of nitrogens with one attached hydrogen (secondary N) is 1. The van der Waals surface area contributed by atoms with Crippen molar-refractivity contribution in [3.05, 3.63) is 35.4 Å². The molecule has 1 saturated heterocycles. The van der Waals surface area contributed by atoms with Gasteiger partial charge in [0, 0.05) is 25.7 Å². The summed E-state index contributed by atoms with van der Waals surface area (Å²) in [5.41, 5.74) is 2.58. The van der Waals surface area contributed by atoms with E-state index < -0.39 is 0 Å². The number of amides is 3. The van der Waals surface area contributed by atoms with Crippen LogP contribution in [0.5, 0.6) is 0 Å². The minimum atomic E-state index is -0.288. The Balaban J connectivity index is 1.39. The molecule has 3 aliphatic rings. The summed E-state index contributed by atoms with van der Waals surface area (Å²) in [5, 5.41) is 3.18. The molecule has 2 aliphatic heterocycles. The minimum absolute atomic E-state index is 0.0369. The predicted octanol–water partition coefficient (Wildman–Crippen LogP) is 3.08. The summed E-state index contributed by atoms with van der Waals surface area (Å²) >= 11 is 0. The third-order valence-electron chi connectivity index (χ3n) is 6.17. The molecule has 1 aliphatic carbocycles. The van der Waals surface area contributed by atoms with Crippen molar-refractivity contribution in [3.63, 3.8) is 0 Å². The summed E-state index contributed by atoms with van der Waals surface area (Å²) in [5.74, 6) is 0.121. The maximum atomic E-state index is 13.1. The van der Waals surface area contributed by atoms with Gasteiger partial charge in [0.25, 0.3) is 0 Å². The average molecular weight is 355 g/mol. The first-order valence-electron chi connectivity index (χ1n) is 10.1. The highest BCUT2D eigenvalue weighted by atomic mass is 16.2. The van der Waals surface area contributed by atoms with Gasteiger partial charge in [-0.05, 0) is 43.2 Å². The maximum absolute atomic E-state index is 13.1. The molecule has 0 bridgehead atoms. The molecule has 1 atom stereocenters. The molecule has 0 radical (unpaired) electrons. The molecule has 1 N–H and O–H groups in total. The molecule has 3 amide bonds. The van der Waals surface area contributed by atoms with Crippen LogP contribution >= 0.6 is 0 Å². The molecule has 1 aromatic carbocycles. The summed E-state index contributed by atoms with van der Waals surface area (Å²) in [6.45, 7) is 2.12. The smallest absolute Gasteiger partial charge is 0.318 e. The van der Waals surface area contributed by atoms with Crippen molar-refractivity contribution in [3.8, 4) is 0 Å². The summed E-state index contributed by atoms with van der Waals surface area (Å²) in [6.07, 6.45) is 8.41. The van der Waals surface area contributed by atoms with Crippen molar-refractivity contribution in [2.24, 2.45) is 0 Å². The molecule has 0 aromatic heterocycles. The number of fused-ring (bicyclic) bond motifs is 1. The zero-order valence-electron chi connectivity index (χ0n) is 15.5. The number of carbonyl (C=O) groups is 2. The van der Waals surface area contributed by atoms with E-state index in [2.05, 4.69) is 23.5 Å². The number of carbonyl (C=O) groups excluding carboxylic acids is 2. The molecule has 4 rings (SSSR count). The summed E-state index contributed by atoms with van der Waals surface area (Å²) in [6, 6.07) is 8.31. The number of urea groups is 1. The van der Waals surface area contributed by atoms with Crippen LogP contribution in [0.25, 0.3) is 0 Å². The SMILES string of the molecule is O=C([C@@H]1CCCN1C(=O)NC1CCCCC1)N1CCc2ccccc2C1. The molecule has 5 heteroatoms. The Bertz CT molecular complexity index is 669. The van der Waals surface area contributed by atoms with Gasteiger partial charge in [-0.3, -0.25) is 4.79 Å². The van der Waals surface area contributed by atoms with Crippen LogP contribution in [0, 0.1) is 0 Å². The van der Waals surface area contributed by atoms with Gasteiger partial charge in [-0.15, -0.1) is 0 Å². The molecule has 5 nitrogen and oxygen atoms in total. The van der Waals surface area contributed by atoms with Crippen LogP contribution in [0.3, 0.4) is 0 Å². The Morgan fingerprint density at radius 1 is 0.923 bits per heavy atom. The minimum Gasteiger partial charge on any atom is -0.336 e. The summed E-state index contributed by atoms with van der Waals surface area (Å²) in [7, 11) is 0. The highest BCUT2D eigenvalue weighted by molar-refractivity contribution is 5.88. The zero-order chi connectivity index (χ0) is 17.9. The molecule has 1 aromatic rings. The maximum Gasteiger partial charge on any atom is 0.318 e. The standard InChI is InChI=1S/C21H29N3O2/c25-20(23-14-12-16-7-4-5-8-17(16)15-23)19-11-6-13-24(19)21(26)22-18-9-2-1-3-10-18/h4-5,7-8,18-19H,1-3,6,9-15H2,(H,22,26)/t19-/m0/s1. The van der Waals surface area contributed by atoms with E-state index in [-0.39, 0.29) is 24.0 Å². The van der Waals surface area contributed by atoms with Crippen LogP contribution in [-0.2, 0) is 17.8 Å².